The summed E-state index contributed by atoms with van der Waals surface area (Å²) in [4.78, 5) is 12.8. The van der Waals surface area contributed by atoms with Crippen molar-refractivity contribution in [3.63, 3.8) is 0 Å². The first-order chi connectivity index (χ1) is 16.2. The van der Waals surface area contributed by atoms with Crippen molar-refractivity contribution >= 4 is 17.3 Å². The number of anilines is 3. The van der Waals surface area contributed by atoms with Crippen molar-refractivity contribution in [3.05, 3.63) is 60.3 Å². The molecule has 0 atom stereocenters. The second kappa shape index (κ2) is 9.04. The number of hydrogen-bond donors (Lipinski definition) is 1. The van der Waals surface area contributed by atoms with Crippen LogP contribution in [0, 0.1) is 11.3 Å². The maximum absolute atomic E-state index is 9.56. The van der Waals surface area contributed by atoms with Gasteiger partial charge in [-0.15, -0.1) is 10.2 Å². The number of aryl methyl sites for hydroxylation is 1. The first kappa shape index (κ1) is 20.6. The monoisotopic (exact) mass is 437 g/mol. The van der Waals surface area contributed by atoms with Crippen LogP contribution in [0.2, 0.25) is 0 Å². The Kier molecular flexibility index (Phi) is 5.64. The third-order valence-electron chi connectivity index (χ3n) is 5.63. The maximum Gasteiger partial charge on any atom is 0.227 e. The van der Waals surface area contributed by atoms with E-state index in [1.807, 2.05) is 42.5 Å². The van der Waals surface area contributed by atoms with Crippen LogP contribution in [0.3, 0.4) is 0 Å². The minimum absolute atomic E-state index is 0.486. The molecule has 5 rings (SSSR count). The maximum atomic E-state index is 9.56. The van der Waals surface area contributed by atoms with Crippen LogP contribution in [0.1, 0.15) is 24.8 Å². The fraction of sp³-hybridized carbons (Fsp3) is 0.250. The number of hydrogen-bond acceptors (Lipinski definition) is 8. The summed E-state index contributed by atoms with van der Waals surface area (Å²) in [5, 5.41) is 24.9. The SMILES string of the molecule is Cn1nnc(-c2ccc(Nc3nccc(-c4cc(C#N)cc(N5CCCCC5)c4)n3)cc2)n1. The lowest BCUT2D eigenvalue weighted by Gasteiger charge is -2.29. The third-order valence-corrected chi connectivity index (χ3v) is 5.63. The van der Waals surface area contributed by atoms with Crippen molar-refractivity contribution in [2.24, 2.45) is 7.05 Å². The molecule has 164 valence electrons. The Hall–Kier alpha value is -4.32. The molecule has 4 aromatic rings. The molecule has 0 aliphatic carbocycles. The molecule has 3 heterocycles. The number of nitriles is 1. The van der Waals surface area contributed by atoms with Crippen molar-refractivity contribution in [3.8, 4) is 28.7 Å². The highest BCUT2D eigenvalue weighted by atomic mass is 15.6. The van der Waals surface area contributed by atoms with Crippen molar-refractivity contribution in [2.45, 2.75) is 19.3 Å². The number of nitrogens with one attached hydrogen (secondary N) is 1. The van der Waals surface area contributed by atoms with Gasteiger partial charge in [-0.05, 0) is 73.0 Å². The molecule has 0 radical (unpaired) electrons. The molecule has 2 aromatic carbocycles. The first-order valence-electron chi connectivity index (χ1n) is 10.9. The van der Waals surface area contributed by atoms with Gasteiger partial charge in [0.2, 0.25) is 11.8 Å². The number of rotatable bonds is 5. The van der Waals surface area contributed by atoms with Crippen molar-refractivity contribution in [1.29, 1.82) is 5.26 Å². The van der Waals surface area contributed by atoms with E-state index in [1.165, 1.54) is 24.1 Å². The topological polar surface area (TPSA) is 108 Å². The molecular weight excluding hydrogens is 414 g/mol. The van der Waals surface area contributed by atoms with Crippen molar-refractivity contribution in [2.75, 3.05) is 23.3 Å². The van der Waals surface area contributed by atoms with E-state index < -0.39 is 0 Å². The average molecular weight is 438 g/mol. The first-order valence-corrected chi connectivity index (χ1v) is 10.9. The zero-order chi connectivity index (χ0) is 22.6. The Morgan fingerprint density at radius 1 is 0.970 bits per heavy atom. The van der Waals surface area contributed by atoms with Gasteiger partial charge in [-0.3, -0.25) is 0 Å². The van der Waals surface area contributed by atoms with Crippen LogP contribution in [-0.4, -0.2) is 43.3 Å². The Bertz CT molecular complexity index is 1300. The molecule has 1 saturated heterocycles. The Balaban J connectivity index is 1.38. The van der Waals surface area contributed by atoms with E-state index in [-0.39, 0.29) is 0 Å². The summed E-state index contributed by atoms with van der Waals surface area (Å²) in [5.74, 6) is 1.06. The van der Waals surface area contributed by atoms with Crippen LogP contribution < -0.4 is 10.2 Å². The van der Waals surface area contributed by atoms with Crippen LogP contribution in [0.5, 0.6) is 0 Å². The highest BCUT2D eigenvalue weighted by Gasteiger charge is 2.14. The Morgan fingerprint density at radius 3 is 2.52 bits per heavy atom. The van der Waals surface area contributed by atoms with Gasteiger partial charge in [0.25, 0.3) is 0 Å². The molecule has 1 N–H and O–H groups in total. The van der Waals surface area contributed by atoms with Gasteiger partial charge < -0.3 is 10.2 Å². The third kappa shape index (κ3) is 4.65. The lowest BCUT2D eigenvalue weighted by molar-refractivity contribution is 0.578. The lowest BCUT2D eigenvalue weighted by atomic mass is 10.0. The summed E-state index contributed by atoms with van der Waals surface area (Å²) >= 11 is 0. The van der Waals surface area contributed by atoms with Gasteiger partial charge in [-0.25, -0.2) is 9.97 Å². The molecule has 0 bridgehead atoms. The molecule has 9 nitrogen and oxygen atoms in total. The van der Waals surface area contributed by atoms with E-state index in [0.29, 0.717) is 17.3 Å². The van der Waals surface area contributed by atoms with Gasteiger partial charge in [0.05, 0.1) is 24.4 Å². The average Bonchev–Trinajstić information content (AvgIpc) is 3.31. The van der Waals surface area contributed by atoms with Crippen molar-refractivity contribution in [1.82, 2.24) is 30.2 Å². The number of nitrogens with zero attached hydrogens (tertiary/aromatic N) is 8. The number of piperidine rings is 1. The van der Waals surface area contributed by atoms with Gasteiger partial charge in [-0.1, -0.05) is 0 Å². The van der Waals surface area contributed by atoms with E-state index >= 15 is 0 Å². The van der Waals surface area contributed by atoms with Gasteiger partial charge >= 0.3 is 0 Å². The predicted octanol–water partition coefficient (Wildman–Crippen LogP) is 3.94. The lowest BCUT2D eigenvalue weighted by Crippen LogP contribution is -2.29. The van der Waals surface area contributed by atoms with Crippen molar-refractivity contribution < 1.29 is 0 Å². The summed E-state index contributed by atoms with van der Waals surface area (Å²) < 4.78 is 0. The fourth-order valence-electron chi connectivity index (χ4n) is 3.97. The molecule has 9 heteroatoms. The predicted molar refractivity (Wildman–Crippen MR) is 126 cm³/mol. The quantitative estimate of drug-likeness (QED) is 0.500. The largest absolute Gasteiger partial charge is 0.371 e. The highest BCUT2D eigenvalue weighted by molar-refractivity contribution is 5.70. The molecular formula is C24H23N9. The van der Waals surface area contributed by atoms with E-state index in [0.717, 1.165) is 41.3 Å². The van der Waals surface area contributed by atoms with E-state index in [4.69, 9.17) is 4.98 Å². The van der Waals surface area contributed by atoms with Gasteiger partial charge in [0.1, 0.15) is 0 Å². The van der Waals surface area contributed by atoms with E-state index in [1.54, 1.807) is 13.2 Å². The molecule has 0 spiro atoms. The normalized spacial score (nSPS) is 13.5. The number of tetrazole rings is 1. The molecule has 0 saturated carbocycles. The van der Waals surface area contributed by atoms with Crippen LogP contribution in [0.4, 0.5) is 17.3 Å². The van der Waals surface area contributed by atoms with Gasteiger partial charge in [-0.2, -0.15) is 10.1 Å². The fourth-order valence-corrected chi connectivity index (χ4v) is 3.97. The number of aromatic nitrogens is 6. The summed E-state index contributed by atoms with van der Waals surface area (Å²) in [5.41, 5.74) is 5.10. The molecule has 1 aliphatic rings. The molecule has 1 aliphatic heterocycles. The van der Waals surface area contributed by atoms with Crippen LogP contribution >= 0.6 is 0 Å². The Morgan fingerprint density at radius 2 is 1.79 bits per heavy atom. The summed E-state index contributed by atoms with van der Waals surface area (Å²) in [7, 11) is 1.73. The number of benzene rings is 2. The summed E-state index contributed by atoms with van der Waals surface area (Å²) in [6, 6.07) is 17.8. The van der Waals surface area contributed by atoms with Crippen LogP contribution in [-0.2, 0) is 7.05 Å². The minimum atomic E-state index is 0.486. The van der Waals surface area contributed by atoms with Crippen LogP contribution in [0.15, 0.2) is 54.7 Å². The second-order valence-corrected chi connectivity index (χ2v) is 8.00. The van der Waals surface area contributed by atoms with Gasteiger partial charge in [0, 0.05) is 41.8 Å². The highest BCUT2D eigenvalue weighted by Crippen LogP contribution is 2.28. The molecule has 2 aromatic heterocycles. The molecule has 33 heavy (non-hydrogen) atoms. The van der Waals surface area contributed by atoms with Gasteiger partial charge in [0.15, 0.2) is 0 Å². The standard InChI is InChI=1S/C24H23N9/c1-32-30-23(29-31-32)18-5-7-20(8-6-18)27-24-26-10-9-22(28-24)19-13-17(16-25)14-21(15-19)33-11-3-2-4-12-33/h5-10,13-15H,2-4,11-12H2,1H3,(H,26,27,28). The smallest absolute Gasteiger partial charge is 0.227 e. The molecule has 0 unspecified atom stereocenters. The minimum Gasteiger partial charge on any atom is -0.371 e. The molecule has 1 fully saturated rings. The zero-order valence-electron chi connectivity index (χ0n) is 18.3. The molecule has 0 amide bonds. The summed E-state index contributed by atoms with van der Waals surface area (Å²) in [6.07, 6.45) is 5.35. The van der Waals surface area contributed by atoms with E-state index in [2.05, 4.69) is 42.7 Å². The van der Waals surface area contributed by atoms with E-state index in [9.17, 15) is 5.26 Å². The zero-order valence-corrected chi connectivity index (χ0v) is 18.3. The summed E-state index contributed by atoms with van der Waals surface area (Å²) in [6.45, 7) is 2.04. The second-order valence-electron chi connectivity index (χ2n) is 8.00. The van der Waals surface area contributed by atoms with Crippen LogP contribution in [0.25, 0.3) is 22.6 Å². The Labute approximate surface area is 191 Å².